The molecule has 1 aromatic carbocycles. The van der Waals surface area contributed by atoms with Crippen molar-refractivity contribution in [3.63, 3.8) is 0 Å². The van der Waals surface area contributed by atoms with Gasteiger partial charge in [-0.05, 0) is 67.8 Å². The number of nitrogens with two attached hydrogens (primary N) is 1. The minimum atomic E-state index is -5.02. The third-order valence-corrected chi connectivity index (χ3v) is 6.50. The van der Waals surface area contributed by atoms with Gasteiger partial charge in [0, 0.05) is 12.6 Å². The number of hydrogen-bond donors (Lipinski definition) is 1. The number of carbonyl (C=O) groups is 1. The minimum Gasteiger partial charge on any atom is -0.446 e. The normalized spacial score (nSPS) is 17.5. The highest BCUT2D eigenvalue weighted by atomic mass is 19.4. The number of alkyl halides is 6. The van der Waals surface area contributed by atoms with Gasteiger partial charge in [0.2, 0.25) is 0 Å². The van der Waals surface area contributed by atoms with Gasteiger partial charge in [0.25, 0.3) is 5.95 Å². The summed E-state index contributed by atoms with van der Waals surface area (Å²) >= 11 is 0. The Morgan fingerprint density at radius 1 is 1.12 bits per heavy atom. The lowest BCUT2D eigenvalue weighted by Gasteiger charge is -2.43. The van der Waals surface area contributed by atoms with Crippen LogP contribution in [-0.2, 0) is 30.7 Å². The Labute approximate surface area is 231 Å². The van der Waals surface area contributed by atoms with Gasteiger partial charge in [0.15, 0.2) is 0 Å². The molecule has 0 unspecified atom stereocenters. The molecule has 16 heteroatoms. The molecule has 41 heavy (non-hydrogen) atoms. The summed E-state index contributed by atoms with van der Waals surface area (Å²) in [7, 11) is 1.46. The average molecular weight is 587 g/mol. The molecule has 2 aromatic heterocycles. The average Bonchev–Trinajstić information content (AvgIpc) is 3.30. The summed E-state index contributed by atoms with van der Waals surface area (Å²) in [5, 5.41) is 12.0. The molecular formula is C25H28F6N8O2. The second-order valence-corrected chi connectivity index (χ2v) is 9.88. The Hall–Kier alpha value is -4.11. The lowest BCUT2D eigenvalue weighted by atomic mass is 9.92. The van der Waals surface area contributed by atoms with Crippen molar-refractivity contribution in [3.05, 3.63) is 52.7 Å². The lowest BCUT2D eigenvalue weighted by molar-refractivity contribution is -0.143. The van der Waals surface area contributed by atoms with Crippen LogP contribution in [-0.4, -0.2) is 43.4 Å². The maximum absolute atomic E-state index is 13.6. The van der Waals surface area contributed by atoms with Crippen molar-refractivity contribution in [1.29, 1.82) is 0 Å². The van der Waals surface area contributed by atoms with E-state index in [1.165, 1.54) is 22.9 Å². The van der Waals surface area contributed by atoms with Crippen LogP contribution < -0.4 is 15.5 Å². The molecule has 1 amide bonds. The zero-order valence-electron chi connectivity index (χ0n) is 22.5. The Morgan fingerprint density at radius 2 is 1.76 bits per heavy atom. The molecule has 4 rings (SSSR count). The number of carbonyl (C=O) groups excluding carboxylic acids is 1. The molecule has 0 spiro atoms. The van der Waals surface area contributed by atoms with Gasteiger partial charge in [0.05, 0.1) is 41.7 Å². The van der Waals surface area contributed by atoms with E-state index in [1.807, 2.05) is 6.92 Å². The van der Waals surface area contributed by atoms with E-state index >= 15 is 0 Å². The summed E-state index contributed by atoms with van der Waals surface area (Å²) < 4.78 is 87.1. The maximum Gasteiger partial charge on any atom is 0.416 e. The number of anilines is 3. The van der Waals surface area contributed by atoms with Gasteiger partial charge in [-0.1, -0.05) is 12.0 Å². The summed E-state index contributed by atoms with van der Waals surface area (Å²) in [5.41, 5.74) is 3.38. The molecular weight excluding hydrogens is 558 g/mol. The summed E-state index contributed by atoms with van der Waals surface area (Å²) in [6.45, 7) is 4.76. The number of pyridine rings is 1. The Kier molecular flexibility index (Phi) is 8.05. The fourth-order valence-electron chi connectivity index (χ4n) is 4.75. The van der Waals surface area contributed by atoms with Crippen LogP contribution in [0.3, 0.4) is 0 Å². The first-order valence-electron chi connectivity index (χ1n) is 12.6. The highest BCUT2D eigenvalue weighted by Crippen LogP contribution is 2.43. The molecule has 0 saturated carbocycles. The number of halogens is 6. The lowest BCUT2D eigenvalue weighted by Crippen LogP contribution is -2.48. The van der Waals surface area contributed by atoms with Gasteiger partial charge in [-0.2, -0.15) is 31.1 Å². The van der Waals surface area contributed by atoms with Gasteiger partial charge >= 0.3 is 18.4 Å². The van der Waals surface area contributed by atoms with Crippen molar-refractivity contribution in [2.45, 2.75) is 70.7 Å². The minimum absolute atomic E-state index is 0.0632. The van der Waals surface area contributed by atoms with Crippen molar-refractivity contribution in [3.8, 4) is 0 Å². The highest BCUT2D eigenvalue weighted by molar-refractivity contribution is 5.90. The number of fused-ring (bicyclic) bond motifs is 1. The first-order chi connectivity index (χ1) is 19.1. The number of ether oxygens (including phenoxy) is 1. The molecule has 10 nitrogen and oxygen atoms in total. The van der Waals surface area contributed by atoms with Gasteiger partial charge in [0.1, 0.15) is 5.82 Å². The van der Waals surface area contributed by atoms with Crippen molar-refractivity contribution < 1.29 is 35.9 Å². The number of nitrogen functional groups attached to an aromatic ring is 1. The van der Waals surface area contributed by atoms with E-state index in [4.69, 9.17) is 10.5 Å². The fraction of sp³-hybridized carbons (Fsp3) is 0.480. The number of hydrogen-bond acceptors (Lipinski definition) is 8. The smallest absolute Gasteiger partial charge is 0.416 e. The standard InChI is InChI=1S/C25H28F6N8O2/c1-5-17-11-19(21-18(6-7-20(32)33-21)39(17)23(40)41-13(2)3)38(22-34-36-37(4)35-22)12-14-8-15(24(26,27)28)10-16(9-14)25(29,30)31/h6-10,13,17,19H,5,11-12H2,1-4H3,(H2,32,33)/t17-,19+/m1/s1. The molecule has 2 N–H and O–H groups in total. The topological polar surface area (TPSA) is 115 Å². The largest absolute Gasteiger partial charge is 0.446 e. The SMILES string of the molecule is CC[C@@H]1C[C@H](N(Cc2cc(C(F)(F)F)cc(C(F)(F)F)c2)c2nnn(C)n2)c2nc(N)ccc2N1C(=O)OC(C)C. The number of tetrazole rings is 1. The van der Waals surface area contributed by atoms with Crippen LogP contribution in [0, 0.1) is 0 Å². The predicted octanol–water partition coefficient (Wildman–Crippen LogP) is 5.51. The first-order valence-corrected chi connectivity index (χ1v) is 12.6. The zero-order valence-corrected chi connectivity index (χ0v) is 22.5. The number of amides is 1. The molecule has 1 aliphatic rings. The molecule has 0 aliphatic carbocycles. The van der Waals surface area contributed by atoms with Crippen LogP contribution in [0.2, 0.25) is 0 Å². The van der Waals surface area contributed by atoms with Crippen LogP contribution in [0.25, 0.3) is 0 Å². The molecule has 222 valence electrons. The molecule has 0 saturated heterocycles. The van der Waals surface area contributed by atoms with Gasteiger partial charge in [-0.25, -0.2) is 9.78 Å². The number of aromatic nitrogens is 5. The Bertz CT molecular complexity index is 1380. The summed E-state index contributed by atoms with van der Waals surface area (Å²) in [6.07, 6.45) is -10.5. The van der Waals surface area contributed by atoms with Crippen molar-refractivity contribution in [1.82, 2.24) is 25.2 Å². The van der Waals surface area contributed by atoms with E-state index in [2.05, 4.69) is 20.4 Å². The maximum atomic E-state index is 13.6. The highest BCUT2D eigenvalue weighted by Gasteiger charge is 2.42. The molecule has 0 fully saturated rings. The second-order valence-electron chi connectivity index (χ2n) is 9.88. The van der Waals surface area contributed by atoms with Crippen LogP contribution in [0.4, 0.5) is 48.6 Å². The van der Waals surface area contributed by atoms with E-state index in [0.717, 1.165) is 4.80 Å². The Balaban J connectivity index is 1.87. The Morgan fingerprint density at radius 3 is 2.27 bits per heavy atom. The first kappa shape index (κ1) is 29.9. The number of benzene rings is 1. The third-order valence-electron chi connectivity index (χ3n) is 6.50. The van der Waals surface area contributed by atoms with E-state index in [9.17, 15) is 31.1 Å². The van der Waals surface area contributed by atoms with Crippen molar-refractivity contribution in [2.75, 3.05) is 15.5 Å². The predicted molar refractivity (Wildman–Crippen MR) is 136 cm³/mol. The van der Waals surface area contributed by atoms with Crippen LogP contribution >= 0.6 is 0 Å². The summed E-state index contributed by atoms with van der Waals surface area (Å²) in [5.74, 6) is 0.0260. The summed E-state index contributed by atoms with van der Waals surface area (Å²) in [6, 6.07) is 3.14. The van der Waals surface area contributed by atoms with Gasteiger partial charge in [-0.15, -0.1) is 5.10 Å². The number of aryl methyl sites for hydroxylation is 1. The number of nitrogens with zero attached hydrogens (tertiary/aromatic N) is 7. The van der Waals surface area contributed by atoms with Gasteiger partial charge < -0.3 is 15.4 Å². The summed E-state index contributed by atoms with van der Waals surface area (Å²) in [4.78, 5) is 21.5. The van der Waals surface area contributed by atoms with E-state index in [1.54, 1.807) is 19.9 Å². The van der Waals surface area contributed by atoms with Crippen LogP contribution in [0.15, 0.2) is 30.3 Å². The van der Waals surface area contributed by atoms with Gasteiger partial charge in [-0.3, -0.25) is 4.90 Å². The molecule has 3 heterocycles. The third kappa shape index (κ3) is 6.46. The zero-order chi connectivity index (χ0) is 30.3. The molecule has 0 radical (unpaired) electrons. The fourth-order valence-corrected chi connectivity index (χ4v) is 4.75. The molecule has 1 aliphatic heterocycles. The van der Waals surface area contributed by atoms with E-state index in [-0.39, 0.29) is 35.5 Å². The van der Waals surface area contributed by atoms with E-state index < -0.39 is 54.3 Å². The van der Waals surface area contributed by atoms with Crippen LogP contribution in [0.5, 0.6) is 0 Å². The quantitative estimate of drug-likeness (QED) is 0.376. The van der Waals surface area contributed by atoms with Crippen molar-refractivity contribution in [2.24, 2.45) is 7.05 Å². The number of rotatable bonds is 6. The van der Waals surface area contributed by atoms with Crippen molar-refractivity contribution >= 4 is 23.5 Å². The monoisotopic (exact) mass is 586 g/mol. The molecule has 0 bridgehead atoms. The van der Waals surface area contributed by atoms with Crippen LogP contribution in [0.1, 0.15) is 62.0 Å². The second kappa shape index (κ2) is 11.0. The van der Waals surface area contributed by atoms with E-state index in [0.29, 0.717) is 24.2 Å². The molecule has 3 aromatic rings. The molecule has 2 atom stereocenters.